The first-order valence-corrected chi connectivity index (χ1v) is 7.88. The molecule has 5 heteroatoms. The Morgan fingerprint density at radius 1 is 1.50 bits per heavy atom. The van der Waals surface area contributed by atoms with Crippen molar-refractivity contribution in [2.24, 2.45) is 5.92 Å². The number of carboxylic acids is 1. The summed E-state index contributed by atoms with van der Waals surface area (Å²) >= 11 is 1.56. The van der Waals surface area contributed by atoms with Crippen LogP contribution < -0.4 is 0 Å². The van der Waals surface area contributed by atoms with Crippen LogP contribution in [0.5, 0.6) is 0 Å². The van der Waals surface area contributed by atoms with Crippen LogP contribution in [0.3, 0.4) is 0 Å². The van der Waals surface area contributed by atoms with Gasteiger partial charge in [0.15, 0.2) is 0 Å². The van der Waals surface area contributed by atoms with E-state index in [4.69, 9.17) is 5.11 Å². The SMILES string of the molecule is CCc1sc(C(=O)N2CCC(C(=O)O)CC2C)cc1C. The van der Waals surface area contributed by atoms with Gasteiger partial charge in [0.2, 0.25) is 0 Å². The van der Waals surface area contributed by atoms with E-state index in [1.165, 1.54) is 10.4 Å². The third-order valence-corrected chi connectivity index (χ3v) is 5.41. The van der Waals surface area contributed by atoms with Crippen molar-refractivity contribution in [2.75, 3.05) is 6.54 Å². The van der Waals surface area contributed by atoms with E-state index in [1.807, 2.05) is 24.8 Å². The quantitative estimate of drug-likeness (QED) is 0.932. The molecule has 1 aromatic rings. The van der Waals surface area contributed by atoms with Crippen molar-refractivity contribution in [3.05, 3.63) is 21.4 Å². The number of carbonyl (C=O) groups excluding carboxylic acids is 1. The van der Waals surface area contributed by atoms with E-state index in [2.05, 4.69) is 6.92 Å². The van der Waals surface area contributed by atoms with Gasteiger partial charge in [0.1, 0.15) is 0 Å². The number of piperidine rings is 1. The standard InChI is InChI=1S/C15H21NO3S/c1-4-12-9(2)7-13(20-12)14(17)16-6-5-11(15(18)19)8-10(16)3/h7,10-11H,4-6,8H2,1-3H3,(H,18,19). The molecule has 2 unspecified atom stereocenters. The predicted octanol–water partition coefficient (Wildman–Crippen LogP) is 2.94. The number of aryl methyl sites for hydroxylation is 2. The normalized spacial score (nSPS) is 22.9. The van der Waals surface area contributed by atoms with Crippen molar-refractivity contribution in [3.8, 4) is 0 Å². The number of rotatable bonds is 3. The number of hydrogen-bond acceptors (Lipinski definition) is 3. The summed E-state index contributed by atoms with van der Waals surface area (Å²) < 4.78 is 0. The number of carbonyl (C=O) groups is 2. The molecule has 1 aliphatic rings. The highest BCUT2D eigenvalue weighted by Gasteiger charge is 2.33. The average molecular weight is 295 g/mol. The summed E-state index contributed by atoms with van der Waals surface area (Å²) in [7, 11) is 0. The zero-order valence-electron chi connectivity index (χ0n) is 12.2. The first-order chi connectivity index (χ1) is 9.43. The monoisotopic (exact) mass is 295 g/mol. The lowest BCUT2D eigenvalue weighted by Crippen LogP contribution is -2.45. The Labute approximate surface area is 123 Å². The topological polar surface area (TPSA) is 57.6 Å². The first-order valence-electron chi connectivity index (χ1n) is 7.07. The number of carboxylic acid groups (broad SMARTS) is 1. The summed E-state index contributed by atoms with van der Waals surface area (Å²) in [5.74, 6) is -1.01. The molecule has 4 nitrogen and oxygen atoms in total. The van der Waals surface area contributed by atoms with E-state index in [9.17, 15) is 9.59 Å². The van der Waals surface area contributed by atoms with Gasteiger partial charge in [-0.3, -0.25) is 9.59 Å². The molecule has 1 aliphatic heterocycles. The van der Waals surface area contributed by atoms with Crippen LogP contribution in [-0.2, 0) is 11.2 Å². The van der Waals surface area contributed by atoms with Gasteiger partial charge >= 0.3 is 5.97 Å². The van der Waals surface area contributed by atoms with Crippen molar-refractivity contribution >= 4 is 23.2 Å². The summed E-state index contributed by atoms with van der Waals surface area (Å²) in [6.07, 6.45) is 2.04. The average Bonchev–Trinajstić information content (AvgIpc) is 2.79. The van der Waals surface area contributed by atoms with Crippen molar-refractivity contribution in [2.45, 2.75) is 46.1 Å². The maximum absolute atomic E-state index is 12.6. The van der Waals surface area contributed by atoms with Crippen LogP contribution in [0.4, 0.5) is 0 Å². The molecule has 0 bridgehead atoms. The lowest BCUT2D eigenvalue weighted by Gasteiger charge is -2.36. The second-order valence-corrected chi connectivity index (χ2v) is 6.61. The number of amides is 1. The lowest BCUT2D eigenvalue weighted by molar-refractivity contribution is -0.143. The summed E-state index contributed by atoms with van der Waals surface area (Å²) in [4.78, 5) is 27.4. The van der Waals surface area contributed by atoms with Crippen LogP contribution in [-0.4, -0.2) is 34.5 Å². The van der Waals surface area contributed by atoms with Crippen LogP contribution in [0, 0.1) is 12.8 Å². The van der Waals surface area contributed by atoms with Crippen LogP contribution in [0.2, 0.25) is 0 Å². The molecule has 2 rings (SSSR count). The predicted molar refractivity (Wildman–Crippen MR) is 79.3 cm³/mol. The van der Waals surface area contributed by atoms with E-state index >= 15 is 0 Å². The maximum Gasteiger partial charge on any atom is 0.306 e. The highest BCUT2D eigenvalue weighted by molar-refractivity contribution is 7.14. The fourth-order valence-electron chi connectivity index (χ4n) is 2.82. The maximum atomic E-state index is 12.6. The fourth-order valence-corrected chi connectivity index (χ4v) is 3.89. The minimum absolute atomic E-state index is 0.00941. The Kier molecular flexibility index (Phi) is 4.48. The zero-order valence-corrected chi connectivity index (χ0v) is 13.0. The molecule has 2 atom stereocenters. The molecule has 0 radical (unpaired) electrons. The summed E-state index contributed by atoms with van der Waals surface area (Å²) in [5, 5.41) is 9.07. The number of hydrogen-bond donors (Lipinski definition) is 1. The van der Waals surface area contributed by atoms with Gasteiger partial charge in [-0.05, 0) is 44.7 Å². The van der Waals surface area contributed by atoms with Gasteiger partial charge in [-0.1, -0.05) is 6.92 Å². The first kappa shape index (κ1) is 15.0. The van der Waals surface area contributed by atoms with E-state index in [0.29, 0.717) is 19.4 Å². The van der Waals surface area contributed by atoms with Gasteiger partial charge in [-0.25, -0.2) is 0 Å². The Balaban J connectivity index is 2.11. The molecule has 0 aliphatic carbocycles. The van der Waals surface area contributed by atoms with Crippen molar-refractivity contribution in [1.82, 2.24) is 4.90 Å². The Morgan fingerprint density at radius 2 is 2.20 bits per heavy atom. The number of aliphatic carboxylic acids is 1. The van der Waals surface area contributed by atoms with Gasteiger partial charge in [-0.2, -0.15) is 0 Å². The molecule has 1 fully saturated rings. The largest absolute Gasteiger partial charge is 0.481 e. The summed E-state index contributed by atoms with van der Waals surface area (Å²) in [5.41, 5.74) is 1.17. The molecule has 1 amide bonds. The van der Waals surface area contributed by atoms with Crippen LogP contribution in [0.25, 0.3) is 0 Å². The molecule has 2 heterocycles. The second kappa shape index (κ2) is 5.95. The molecular formula is C15H21NO3S. The van der Waals surface area contributed by atoms with Gasteiger partial charge in [-0.15, -0.1) is 11.3 Å². The van der Waals surface area contributed by atoms with E-state index < -0.39 is 5.97 Å². The zero-order chi connectivity index (χ0) is 14.9. The highest BCUT2D eigenvalue weighted by Crippen LogP contribution is 2.28. The number of thiophene rings is 1. The molecule has 1 aromatic heterocycles. The minimum Gasteiger partial charge on any atom is -0.481 e. The Bertz CT molecular complexity index is 523. The highest BCUT2D eigenvalue weighted by atomic mass is 32.1. The van der Waals surface area contributed by atoms with Gasteiger partial charge in [0.25, 0.3) is 5.91 Å². The molecule has 1 saturated heterocycles. The number of nitrogens with zero attached hydrogens (tertiary/aromatic N) is 1. The van der Waals surface area contributed by atoms with Crippen molar-refractivity contribution in [3.63, 3.8) is 0 Å². The minimum atomic E-state index is -0.746. The summed E-state index contributed by atoms with van der Waals surface area (Å²) in [6.45, 7) is 6.60. The van der Waals surface area contributed by atoms with E-state index in [-0.39, 0.29) is 17.9 Å². The Hall–Kier alpha value is -1.36. The Morgan fingerprint density at radius 3 is 2.70 bits per heavy atom. The molecule has 1 N–H and O–H groups in total. The molecule has 0 aromatic carbocycles. The molecule has 20 heavy (non-hydrogen) atoms. The third-order valence-electron chi connectivity index (χ3n) is 4.04. The summed E-state index contributed by atoms with van der Waals surface area (Å²) in [6, 6.07) is 1.95. The van der Waals surface area contributed by atoms with Gasteiger partial charge in [0.05, 0.1) is 10.8 Å². The van der Waals surface area contributed by atoms with Crippen LogP contribution >= 0.6 is 11.3 Å². The molecule has 0 saturated carbocycles. The number of likely N-dealkylation sites (tertiary alicyclic amines) is 1. The lowest BCUT2D eigenvalue weighted by atomic mass is 9.91. The second-order valence-electron chi connectivity index (χ2n) is 5.48. The van der Waals surface area contributed by atoms with Crippen molar-refractivity contribution < 1.29 is 14.7 Å². The van der Waals surface area contributed by atoms with Gasteiger partial charge in [0, 0.05) is 17.5 Å². The molecule has 0 spiro atoms. The van der Waals surface area contributed by atoms with Crippen LogP contribution in [0.15, 0.2) is 6.07 Å². The van der Waals surface area contributed by atoms with E-state index in [1.54, 1.807) is 11.3 Å². The third kappa shape index (κ3) is 2.87. The molecular weight excluding hydrogens is 274 g/mol. The molecule has 110 valence electrons. The van der Waals surface area contributed by atoms with E-state index in [0.717, 1.165) is 11.3 Å². The fraction of sp³-hybridized carbons (Fsp3) is 0.600. The van der Waals surface area contributed by atoms with Crippen LogP contribution in [0.1, 0.15) is 46.8 Å². The van der Waals surface area contributed by atoms with Gasteiger partial charge < -0.3 is 10.0 Å². The van der Waals surface area contributed by atoms with Crippen molar-refractivity contribution in [1.29, 1.82) is 0 Å². The smallest absolute Gasteiger partial charge is 0.306 e.